The molecule has 9 rings (SSSR count). The van der Waals surface area contributed by atoms with Crippen molar-refractivity contribution in [2.24, 2.45) is 33.7 Å². The van der Waals surface area contributed by atoms with Gasteiger partial charge < -0.3 is 0 Å². The molecule has 3 aromatic heterocycles. The first-order chi connectivity index (χ1) is 20.9. The fourth-order valence-corrected chi connectivity index (χ4v) is 13.4. The quantitative estimate of drug-likeness (QED) is 0.286. The third kappa shape index (κ3) is 3.73. The molecule has 0 amide bonds. The van der Waals surface area contributed by atoms with Crippen LogP contribution in [0.1, 0.15) is 93.9 Å². The molecule has 6 nitrogen and oxygen atoms in total. The first kappa shape index (κ1) is 26.8. The van der Waals surface area contributed by atoms with E-state index in [1.165, 1.54) is 31.0 Å². The molecule has 4 atom stereocenters. The summed E-state index contributed by atoms with van der Waals surface area (Å²) in [5.41, 5.74) is 2.40. The maximum absolute atomic E-state index is 13.4. The summed E-state index contributed by atoms with van der Waals surface area (Å²) in [6, 6.07) is 2.05. The Hall–Kier alpha value is -2.62. The van der Waals surface area contributed by atoms with Gasteiger partial charge in [0.25, 0.3) is 0 Å². The highest BCUT2D eigenvalue weighted by atomic mass is 32.1. The van der Waals surface area contributed by atoms with Gasteiger partial charge in [0, 0.05) is 44.2 Å². The third-order valence-corrected chi connectivity index (χ3v) is 14.9. The van der Waals surface area contributed by atoms with Crippen molar-refractivity contribution in [2.45, 2.75) is 88.9 Å². The molecule has 4 unspecified atom stereocenters. The van der Waals surface area contributed by atoms with Crippen molar-refractivity contribution >= 4 is 98.4 Å². The van der Waals surface area contributed by atoms with Gasteiger partial charge in [0.05, 0.1) is 19.8 Å². The molecule has 9 heteroatoms. The van der Waals surface area contributed by atoms with Crippen LogP contribution in [0.2, 0.25) is 0 Å². The summed E-state index contributed by atoms with van der Waals surface area (Å²) in [6.45, 7) is 0. The summed E-state index contributed by atoms with van der Waals surface area (Å²) in [4.78, 5) is 63.7. The molecule has 220 valence electrons. The molecule has 1 spiro atoms. The predicted molar refractivity (Wildman–Crippen MR) is 173 cm³/mol. The Bertz CT molecular complexity index is 1820. The van der Waals surface area contributed by atoms with E-state index in [-0.39, 0.29) is 63.6 Å². The fourth-order valence-electron chi connectivity index (χ4n) is 9.10. The Morgan fingerprint density at radius 2 is 1.16 bits per heavy atom. The topological polar surface area (TPSA) is 93.0 Å². The van der Waals surface area contributed by atoms with E-state index in [1.807, 2.05) is 6.07 Å². The monoisotopic (exact) mass is 628 g/mol. The van der Waals surface area contributed by atoms with E-state index in [2.05, 4.69) is 11.1 Å². The number of fused-ring (bicyclic) bond motifs is 8. The minimum absolute atomic E-state index is 0.0220. The molecular weight excluding hydrogens is 597 g/mol. The number of rotatable bonds is 2. The highest BCUT2D eigenvalue weighted by molar-refractivity contribution is 7.39. The number of ketones is 4. The summed E-state index contributed by atoms with van der Waals surface area (Å²) >= 11 is 5.12. The number of carbonyl (C=O) groups excluding carboxylic acids is 4. The SMILES string of the molecule is O=C1C(=NC2=Cc3sc4c(sc5cc(N=C6C(=O)C7CCCCC7C6=O)sc54)c3C23CCCCC3)C(=O)C2CCCCC12. The van der Waals surface area contributed by atoms with E-state index in [1.54, 1.807) is 34.0 Å². The van der Waals surface area contributed by atoms with Gasteiger partial charge in [-0.2, -0.15) is 0 Å². The lowest BCUT2D eigenvalue weighted by molar-refractivity contribution is -0.120. The summed E-state index contributed by atoms with van der Waals surface area (Å²) in [5.74, 6) is -0.798. The van der Waals surface area contributed by atoms with Gasteiger partial charge in [0.15, 0.2) is 28.8 Å². The number of aliphatic imine (C=N–C) groups is 2. The van der Waals surface area contributed by atoms with Crippen LogP contribution in [0.5, 0.6) is 0 Å². The van der Waals surface area contributed by atoms with Crippen LogP contribution < -0.4 is 0 Å². The molecule has 43 heavy (non-hydrogen) atoms. The Kier molecular flexibility index (Phi) is 6.03. The van der Waals surface area contributed by atoms with Gasteiger partial charge in [-0.25, -0.2) is 9.98 Å². The van der Waals surface area contributed by atoms with Crippen molar-refractivity contribution in [2.75, 3.05) is 0 Å². The maximum atomic E-state index is 13.4. The number of carbonyl (C=O) groups is 4. The summed E-state index contributed by atoms with van der Waals surface area (Å²) < 4.78 is 4.84. The second-order valence-electron chi connectivity index (χ2n) is 13.4. The Morgan fingerprint density at radius 3 is 1.74 bits per heavy atom. The van der Waals surface area contributed by atoms with Gasteiger partial charge in [-0.3, -0.25) is 19.2 Å². The van der Waals surface area contributed by atoms with Gasteiger partial charge in [0.2, 0.25) is 0 Å². The lowest BCUT2D eigenvalue weighted by Crippen LogP contribution is -2.30. The average Bonchev–Trinajstić information content (AvgIpc) is 3.82. The first-order valence-electron chi connectivity index (χ1n) is 16.0. The number of allylic oxidation sites excluding steroid dienone is 1. The second-order valence-corrected chi connectivity index (χ2v) is 16.6. The molecule has 5 saturated carbocycles. The fraction of sp³-hybridized carbons (Fsp3) is 0.529. The van der Waals surface area contributed by atoms with Crippen molar-refractivity contribution in [1.29, 1.82) is 0 Å². The number of Topliss-reactive ketones (excluding diaryl/α,β-unsaturated/α-hetero) is 4. The van der Waals surface area contributed by atoms with Crippen LogP contribution in [0, 0.1) is 23.7 Å². The van der Waals surface area contributed by atoms with Gasteiger partial charge in [-0.1, -0.05) is 44.9 Å². The molecular formula is C34H32N2O4S3. The molecule has 6 aliphatic carbocycles. The summed E-state index contributed by atoms with van der Waals surface area (Å²) in [6.07, 6.45) is 14.9. The molecule has 0 aliphatic heterocycles. The number of hydrogen-bond acceptors (Lipinski definition) is 9. The molecule has 6 aliphatic rings. The normalized spacial score (nSPS) is 30.0. The Labute approximate surface area is 261 Å². The van der Waals surface area contributed by atoms with Crippen LogP contribution >= 0.6 is 34.0 Å². The van der Waals surface area contributed by atoms with Gasteiger partial charge in [-0.15, -0.1) is 34.0 Å². The minimum Gasteiger partial charge on any atom is -0.292 e. The summed E-state index contributed by atoms with van der Waals surface area (Å²) in [5, 5.41) is 0.738. The zero-order valence-corrected chi connectivity index (χ0v) is 26.4. The van der Waals surface area contributed by atoms with E-state index in [0.717, 1.165) is 92.4 Å². The first-order valence-corrected chi connectivity index (χ1v) is 18.5. The van der Waals surface area contributed by atoms with Crippen LogP contribution in [0.3, 0.4) is 0 Å². The van der Waals surface area contributed by atoms with Crippen molar-refractivity contribution in [3.63, 3.8) is 0 Å². The van der Waals surface area contributed by atoms with E-state index in [0.29, 0.717) is 0 Å². The molecule has 5 fully saturated rings. The largest absolute Gasteiger partial charge is 0.292 e. The average molecular weight is 629 g/mol. The second kappa shape index (κ2) is 9.69. The molecule has 0 aromatic carbocycles. The van der Waals surface area contributed by atoms with E-state index >= 15 is 0 Å². The Balaban J connectivity index is 1.12. The van der Waals surface area contributed by atoms with Gasteiger partial charge in [0.1, 0.15) is 10.7 Å². The molecule has 0 saturated heterocycles. The lowest BCUT2D eigenvalue weighted by atomic mass is 9.70. The van der Waals surface area contributed by atoms with Crippen molar-refractivity contribution in [3.8, 4) is 0 Å². The van der Waals surface area contributed by atoms with Crippen LogP contribution in [0.25, 0.3) is 24.9 Å². The van der Waals surface area contributed by atoms with E-state index in [4.69, 9.17) is 4.99 Å². The van der Waals surface area contributed by atoms with Crippen LogP contribution in [-0.2, 0) is 24.6 Å². The Morgan fingerprint density at radius 1 is 0.605 bits per heavy atom. The van der Waals surface area contributed by atoms with Gasteiger partial charge >= 0.3 is 0 Å². The zero-order valence-electron chi connectivity index (χ0n) is 23.9. The number of nitrogens with zero attached hydrogens (tertiary/aromatic N) is 2. The van der Waals surface area contributed by atoms with Crippen LogP contribution in [0.4, 0.5) is 5.00 Å². The van der Waals surface area contributed by atoms with Gasteiger partial charge in [-0.05, 0) is 50.7 Å². The van der Waals surface area contributed by atoms with Crippen LogP contribution in [0.15, 0.2) is 21.7 Å². The highest BCUT2D eigenvalue weighted by Gasteiger charge is 2.51. The zero-order chi connectivity index (χ0) is 29.0. The van der Waals surface area contributed by atoms with E-state index in [9.17, 15) is 19.2 Å². The highest BCUT2D eigenvalue weighted by Crippen LogP contribution is 2.60. The van der Waals surface area contributed by atoms with Crippen molar-refractivity contribution < 1.29 is 19.2 Å². The van der Waals surface area contributed by atoms with Crippen molar-refractivity contribution in [3.05, 3.63) is 22.2 Å². The number of thiophene rings is 3. The molecule has 0 bridgehead atoms. The van der Waals surface area contributed by atoms with Crippen LogP contribution in [-0.4, -0.2) is 34.6 Å². The molecule has 3 heterocycles. The summed E-state index contributed by atoms with van der Waals surface area (Å²) in [7, 11) is 0. The predicted octanol–water partition coefficient (Wildman–Crippen LogP) is 8.16. The van der Waals surface area contributed by atoms with Crippen molar-refractivity contribution in [1.82, 2.24) is 0 Å². The standard InChI is InChI=1S/C34H32N2O4S3/c37-27-16-8-2-3-9-17(16)28(38)25(27)35-22-14-20-24(34(22)12-6-1-7-13-34)32-33(41-20)31-21(42-32)15-23(43-31)36-26-29(39)18-10-4-5-11-19(18)30(26)40/h14-19H,1-13H2. The molecule has 0 N–H and O–H groups in total. The maximum Gasteiger partial charge on any atom is 0.188 e. The molecule has 3 aromatic rings. The van der Waals surface area contributed by atoms with E-state index < -0.39 is 0 Å². The minimum atomic E-state index is -0.248. The smallest absolute Gasteiger partial charge is 0.188 e. The third-order valence-electron chi connectivity index (χ3n) is 11.2. The lowest BCUT2D eigenvalue weighted by Gasteiger charge is -2.35. The molecule has 0 radical (unpaired) electrons. The number of hydrogen-bond donors (Lipinski definition) is 0.